The largest absolute Gasteiger partial charge is 0.491 e. The van der Waals surface area contributed by atoms with Gasteiger partial charge in [0.2, 0.25) is 0 Å². The summed E-state index contributed by atoms with van der Waals surface area (Å²) in [6.45, 7) is 4.09. The third kappa shape index (κ3) is 7.91. The fourth-order valence-corrected chi connectivity index (χ4v) is 4.41. The van der Waals surface area contributed by atoms with E-state index in [1.807, 2.05) is 19.1 Å². The molecule has 0 fully saturated rings. The van der Waals surface area contributed by atoms with Gasteiger partial charge in [0.15, 0.2) is 5.52 Å². The van der Waals surface area contributed by atoms with Crippen LogP contribution in [-0.2, 0) is 14.2 Å². The monoisotopic (exact) mass is 484 g/mol. The van der Waals surface area contributed by atoms with E-state index in [4.69, 9.17) is 40.0 Å². The number of hydrogen-bond donors (Lipinski definition) is 0. The average molecular weight is 485 g/mol. The maximum Gasteiger partial charge on any atom is 0.187 e. The van der Waals surface area contributed by atoms with Crippen molar-refractivity contribution in [1.82, 2.24) is 0 Å². The van der Waals surface area contributed by atoms with Gasteiger partial charge in [-0.1, -0.05) is 23.7 Å². The summed E-state index contributed by atoms with van der Waals surface area (Å²) in [5.74, 6) is 1.55. The van der Waals surface area contributed by atoms with Crippen molar-refractivity contribution in [2.45, 2.75) is 6.92 Å². The molecule has 0 radical (unpaired) electrons. The van der Waals surface area contributed by atoms with Gasteiger partial charge in [0.1, 0.15) is 37.1 Å². The second-order valence-electron chi connectivity index (χ2n) is 6.70. The number of carbonyl (C=O) groups excluding carboxylic acids is 1. The van der Waals surface area contributed by atoms with Gasteiger partial charge in [0.05, 0.1) is 30.1 Å². The molecule has 0 N–H and O–H groups in total. The molecule has 7 nitrogen and oxygen atoms in total. The highest BCUT2D eigenvalue weighted by Crippen LogP contribution is 2.36. The molecule has 0 bridgehead atoms. The molecule has 2 rings (SSSR count). The van der Waals surface area contributed by atoms with E-state index in [0.717, 1.165) is 5.56 Å². The van der Waals surface area contributed by atoms with Crippen LogP contribution in [0.4, 0.5) is 0 Å². The van der Waals surface area contributed by atoms with Gasteiger partial charge in [0, 0.05) is 39.0 Å². The highest BCUT2D eigenvalue weighted by Gasteiger charge is 2.21. The van der Waals surface area contributed by atoms with Gasteiger partial charge in [-0.15, -0.1) is 0 Å². The predicted octanol–water partition coefficient (Wildman–Crippen LogP) is 3.87. The molecule has 0 aliphatic rings. The molecule has 1 atom stereocenters. The van der Waals surface area contributed by atoms with Crippen molar-refractivity contribution in [3.63, 3.8) is 0 Å². The Kier molecular flexibility index (Phi) is 11.8. The first-order chi connectivity index (χ1) is 15.5. The van der Waals surface area contributed by atoms with E-state index < -0.39 is 0 Å². The number of benzene rings is 2. The van der Waals surface area contributed by atoms with Gasteiger partial charge >= 0.3 is 0 Å². The van der Waals surface area contributed by atoms with Crippen LogP contribution in [0.3, 0.4) is 0 Å². The first-order valence-corrected chi connectivity index (χ1v) is 11.5. The van der Waals surface area contributed by atoms with Crippen LogP contribution >= 0.6 is 20.2 Å². The lowest BCUT2D eigenvalue weighted by molar-refractivity contribution is 0.108. The molecular formula is C23H30ClO7P. The normalized spacial score (nSPS) is 11.2. The molecule has 0 spiro atoms. The molecular weight excluding hydrogens is 455 g/mol. The van der Waals surface area contributed by atoms with Crippen molar-refractivity contribution in [3.05, 3.63) is 46.5 Å². The van der Waals surface area contributed by atoms with E-state index in [1.54, 1.807) is 39.5 Å². The average Bonchev–Trinajstić information content (AvgIpc) is 2.76. The van der Waals surface area contributed by atoms with Crippen molar-refractivity contribution in [2.24, 2.45) is 0 Å². The Balaban J connectivity index is 2.42. The van der Waals surface area contributed by atoms with Crippen molar-refractivity contribution < 1.29 is 33.2 Å². The third-order valence-corrected chi connectivity index (χ3v) is 5.91. The Hall–Kier alpha value is -1.89. The number of halogens is 1. The molecule has 2 aromatic rings. The lowest BCUT2D eigenvalue weighted by atomic mass is 10.1. The summed E-state index contributed by atoms with van der Waals surface area (Å²) in [5.41, 5.74) is 1.21. The molecule has 0 amide bonds. The van der Waals surface area contributed by atoms with Gasteiger partial charge in [-0.2, -0.15) is 0 Å². The summed E-state index contributed by atoms with van der Waals surface area (Å²) < 4.78 is 32.9. The summed E-state index contributed by atoms with van der Waals surface area (Å²) in [6, 6.07) is 8.91. The summed E-state index contributed by atoms with van der Waals surface area (Å²) >= 11 is 6.33. The second kappa shape index (κ2) is 14.3. The zero-order chi connectivity index (χ0) is 23.3. The van der Waals surface area contributed by atoms with E-state index in [2.05, 4.69) is 0 Å². The van der Waals surface area contributed by atoms with Crippen LogP contribution in [0.25, 0.3) is 0 Å². The zero-order valence-corrected chi connectivity index (χ0v) is 20.6. The number of methoxy groups -OCH3 is 3. The first kappa shape index (κ1) is 26.4. The summed E-state index contributed by atoms with van der Waals surface area (Å²) in [7, 11) is 4.53. The Labute approximate surface area is 196 Å². The Bertz CT molecular complexity index is 824. The van der Waals surface area contributed by atoms with Crippen LogP contribution in [0.2, 0.25) is 5.02 Å². The first-order valence-electron chi connectivity index (χ1n) is 10.1. The zero-order valence-electron chi connectivity index (χ0n) is 18.9. The lowest BCUT2D eigenvalue weighted by Crippen LogP contribution is -2.17. The molecule has 0 heterocycles. The smallest absolute Gasteiger partial charge is 0.187 e. The minimum Gasteiger partial charge on any atom is -0.491 e. The van der Waals surface area contributed by atoms with Gasteiger partial charge in [-0.05, 0) is 27.1 Å². The van der Waals surface area contributed by atoms with Crippen LogP contribution < -0.4 is 19.5 Å². The quantitative estimate of drug-likeness (QED) is 0.281. The molecule has 0 aromatic heterocycles. The van der Waals surface area contributed by atoms with Gasteiger partial charge in [-0.3, -0.25) is 4.79 Å². The SMILES string of the molecule is COCCOc1cc(OCCOC)c(PC(=O)c2c(C)cccc2Cl)c(OCCOC)c1. The highest BCUT2D eigenvalue weighted by atomic mass is 35.5. The fourth-order valence-electron chi connectivity index (χ4n) is 2.81. The van der Waals surface area contributed by atoms with E-state index in [1.165, 1.54) is 0 Å². The van der Waals surface area contributed by atoms with E-state index in [-0.39, 0.29) is 14.1 Å². The van der Waals surface area contributed by atoms with Crippen LogP contribution in [0.1, 0.15) is 15.9 Å². The number of ether oxygens (including phenoxy) is 6. The van der Waals surface area contributed by atoms with Crippen molar-refractivity contribution in [2.75, 3.05) is 61.0 Å². The Morgan fingerprint density at radius 3 is 1.88 bits per heavy atom. The van der Waals surface area contributed by atoms with Crippen LogP contribution in [-0.4, -0.2) is 66.5 Å². The number of hydrogen-bond acceptors (Lipinski definition) is 7. The summed E-state index contributed by atoms with van der Waals surface area (Å²) in [6.07, 6.45) is 0. The number of rotatable bonds is 15. The highest BCUT2D eigenvalue weighted by molar-refractivity contribution is 7.66. The van der Waals surface area contributed by atoms with Crippen molar-refractivity contribution >= 4 is 31.0 Å². The molecule has 32 heavy (non-hydrogen) atoms. The minimum atomic E-state index is -0.267. The summed E-state index contributed by atoms with van der Waals surface area (Å²) in [5, 5.41) is 1.06. The van der Waals surface area contributed by atoms with Crippen LogP contribution in [0, 0.1) is 6.92 Å². The third-order valence-electron chi connectivity index (χ3n) is 4.37. The van der Waals surface area contributed by atoms with Gasteiger partial charge in [-0.25, -0.2) is 0 Å². The topological polar surface area (TPSA) is 72.5 Å². The number of aryl methyl sites for hydroxylation is 1. The van der Waals surface area contributed by atoms with Gasteiger partial charge in [0.25, 0.3) is 0 Å². The van der Waals surface area contributed by atoms with Crippen LogP contribution in [0.5, 0.6) is 17.2 Å². The number of carbonyl (C=O) groups is 1. The molecule has 0 saturated carbocycles. The second-order valence-corrected chi connectivity index (χ2v) is 8.32. The minimum absolute atomic E-state index is 0.102. The standard InChI is InChI=1S/C23H30ClO7P/c1-16-6-5-7-18(24)21(16)23(25)32-22-19(30-12-9-27-3)14-17(29-11-8-26-2)15-20(22)31-13-10-28-4/h5-7,14-15,32H,8-13H2,1-4H3. The predicted molar refractivity (Wildman–Crippen MR) is 127 cm³/mol. The van der Waals surface area contributed by atoms with E-state index in [0.29, 0.717) is 72.8 Å². The molecule has 1 unspecified atom stereocenters. The summed E-state index contributed by atoms with van der Waals surface area (Å²) in [4.78, 5) is 13.2. The van der Waals surface area contributed by atoms with Crippen molar-refractivity contribution in [3.8, 4) is 17.2 Å². The molecule has 0 aliphatic heterocycles. The fraction of sp³-hybridized carbons (Fsp3) is 0.435. The molecule has 2 aromatic carbocycles. The van der Waals surface area contributed by atoms with Gasteiger partial charge < -0.3 is 28.4 Å². The molecule has 176 valence electrons. The molecule has 0 saturated heterocycles. The van der Waals surface area contributed by atoms with E-state index >= 15 is 0 Å². The van der Waals surface area contributed by atoms with Crippen LogP contribution in [0.15, 0.2) is 30.3 Å². The Morgan fingerprint density at radius 2 is 1.38 bits per heavy atom. The Morgan fingerprint density at radius 1 is 0.844 bits per heavy atom. The maximum absolute atomic E-state index is 13.2. The maximum atomic E-state index is 13.2. The van der Waals surface area contributed by atoms with Crippen molar-refractivity contribution in [1.29, 1.82) is 0 Å². The lowest BCUT2D eigenvalue weighted by Gasteiger charge is -2.19. The molecule has 9 heteroatoms. The molecule has 0 aliphatic carbocycles. The van der Waals surface area contributed by atoms with E-state index in [9.17, 15) is 4.79 Å².